The summed E-state index contributed by atoms with van der Waals surface area (Å²) in [5, 5.41) is 5.66. The maximum atomic E-state index is 13.4. The van der Waals surface area contributed by atoms with E-state index in [2.05, 4.69) is 10.6 Å². The zero-order chi connectivity index (χ0) is 28.0. The van der Waals surface area contributed by atoms with Gasteiger partial charge in [-0.25, -0.2) is 4.79 Å². The number of amides is 2. The van der Waals surface area contributed by atoms with E-state index in [1.165, 1.54) is 0 Å². The Bertz CT molecular complexity index is 1180. The lowest BCUT2D eigenvalue weighted by Gasteiger charge is -2.25. The quantitative estimate of drug-likeness (QED) is 0.251. The second-order valence-corrected chi connectivity index (χ2v) is 10.2. The molecule has 0 aromatic heterocycles. The number of nitrogens with one attached hydrogen (secondary N) is 2. The van der Waals surface area contributed by atoms with Crippen LogP contribution in [0.5, 0.6) is 0 Å². The van der Waals surface area contributed by atoms with Crippen molar-refractivity contribution in [1.29, 1.82) is 0 Å². The van der Waals surface area contributed by atoms with E-state index >= 15 is 0 Å². The average Bonchev–Trinajstić information content (AvgIpc) is 2.95. The van der Waals surface area contributed by atoms with Gasteiger partial charge in [0.15, 0.2) is 0 Å². The minimum absolute atomic E-state index is 0. The van der Waals surface area contributed by atoms with Crippen molar-refractivity contribution in [2.45, 2.75) is 64.3 Å². The van der Waals surface area contributed by atoms with Crippen molar-refractivity contribution in [3.8, 4) is 0 Å². The number of ether oxygens (including phenoxy) is 1. The normalized spacial score (nSPS) is 12.9. The summed E-state index contributed by atoms with van der Waals surface area (Å²) in [4.78, 5) is 39.5. The molecule has 0 saturated heterocycles. The number of nitrogens with two attached hydrogens (primary N) is 1. The highest BCUT2D eigenvalue weighted by Crippen LogP contribution is 2.11. The third-order valence-electron chi connectivity index (χ3n) is 6.37. The summed E-state index contributed by atoms with van der Waals surface area (Å²) in [7, 11) is 0. The second-order valence-electron chi connectivity index (χ2n) is 10.2. The van der Waals surface area contributed by atoms with Crippen molar-refractivity contribution in [3.63, 3.8) is 0 Å². The van der Waals surface area contributed by atoms with Gasteiger partial charge in [0.05, 0.1) is 6.04 Å². The molecule has 0 aliphatic heterocycles. The maximum Gasteiger partial charge on any atom is 0.329 e. The van der Waals surface area contributed by atoms with E-state index in [0.29, 0.717) is 19.3 Å². The van der Waals surface area contributed by atoms with E-state index < -0.39 is 35.9 Å². The fourth-order valence-electron chi connectivity index (χ4n) is 4.22. The zero-order valence-electron chi connectivity index (χ0n) is 23.1. The Balaban J connectivity index is 0.00000560. The van der Waals surface area contributed by atoms with E-state index in [1.807, 2.05) is 105 Å². The molecule has 3 aromatic carbocycles. The Hall–Kier alpha value is -3.68. The van der Waals surface area contributed by atoms with Crippen LogP contribution >= 0.6 is 12.4 Å². The third kappa shape index (κ3) is 11.2. The first-order valence-electron chi connectivity index (χ1n) is 13.5. The van der Waals surface area contributed by atoms with Crippen LogP contribution in [0.3, 0.4) is 0 Å². The lowest BCUT2D eigenvalue weighted by atomic mass is 10.00. The SMILES string of the molecule is CC(C)C[C@H](NC(=O)[C@@H](N)CCc1ccccc1)C(=O)N[C@@H](Cc1ccccc1)C(=O)OCc1ccccc1.Cl. The molecule has 0 heterocycles. The van der Waals surface area contributed by atoms with E-state index in [-0.39, 0.29) is 31.4 Å². The predicted molar refractivity (Wildman–Crippen MR) is 160 cm³/mol. The number of esters is 1. The summed E-state index contributed by atoms with van der Waals surface area (Å²) in [5.41, 5.74) is 9.00. The Morgan fingerprint density at radius 3 is 1.77 bits per heavy atom. The smallest absolute Gasteiger partial charge is 0.329 e. The van der Waals surface area contributed by atoms with E-state index in [1.54, 1.807) is 0 Å². The second kappa shape index (κ2) is 17.1. The van der Waals surface area contributed by atoms with Crippen molar-refractivity contribution in [3.05, 3.63) is 108 Å². The summed E-state index contributed by atoms with van der Waals surface area (Å²) in [6.45, 7) is 4.04. The first-order chi connectivity index (χ1) is 18.8. The molecule has 8 heteroatoms. The minimum atomic E-state index is -0.915. The summed E-state index contributed by atoms with van der Waals surface area (Å²) in [6, 6.07) is 26.1. The van der Waals surface area contributed by atoms with Crippen LogP contribution in [0.4, 0.5) is 0 Å². The molecular weight excluding hydrogens is 526 g/mol. The highest BCUT2D eigenvalue weighted by molar-refractivity contribution is 5.92. The van der Waals surface area contributed by atoms with Crippen molar-refractivity contribution in [2.75, 3.05) is 0 Å². The molecule has 0 saturated carbocycles. The lowest BCUT2D eigenvalue weighted by Crippen LogP contribution is -2.55. The molecular formula is C32H40ClN3O4. The molecule has 3 aromatic rings. The zero-order valence-corrected chi connectivity index (χ0v) is 23.9. The van der Waals surface area contributed by atoms with Gasteiger partial charge in [-0.05, 0) is 41.9 Å². The van der Waals surface area contributed by atoms with Crippen LogP contribution in [0.1, 0.15) is 43.4 Å². The molecule has 0 bridgehead atoms. The number of halogens is 1. The number of hydrogen-bond donors (Lipinski definition) is 3. The van der Waals surface area contributed by atoms with Crippen LogP contribution in [0, 0.1) is 5.92 Å². The monoisotopic (exact) mass is 565 g/mol. The van der Waals surface area contributed by atoms with Crippen molar-refractivity contribution in [1.82, 2.24) is 10.6 Å². The average molecular weight is 566 g/mol. The van der Waals surface area contributed by atoms with E-state index in [9.17, 15) is 14.4 Å². The fourth-order valence-corrected chi connectivity index (χ4v) is 4.22. The largest absolute Gasteiger partial charge is 0.459 e. The standard InChI is InChI=1S/C32H39N3O4.ClH/c1-23(2)20-28(34-30(36)27(33)19-18-24-12-6-3-7-13-24)31(37)35-29(21-25-14-8-4-9-15-25)32(38)39-22-26-16-10-5-11-17-26;/h3-17,23,27-29H,18-22,33H2,1-2H3,(H,34,36)(H,35,37);1H/t27-,28-,29-;/m0./s1. The Kier molecular flexibility index (Phi) is 13.9. The number of aryl methyl sites for hydroxylation is 1. The van der Waals surface area contributed by atoms with Crippen molar-refractivity contribution < 1.29 is 19.1 Å². The fraction of sp³-hybridized carbons (Fsp3) is 0.344. The lowest BCUT2D eigenvalue weighted by molar-refractivity contribution is -0.149. The van der Waals surface area contributed by atoms with Gasteiger partial charge in [-0.1, -0.05) is 105 Å². The van der Waals surface area contributed by atoms with Gasteiger partial charge in [-0.15, -0.1) is 12.4 Å². The first kappa shape index (κ1) is 32.5. The first-order valence-corrected chi connectivity index (χ1v) is 13.5. The van der Waals surface area contributed by atoms with Gasteiger partial charge < -0.3 is 21.1 Å². The number of carbonyl (C=O) groups excluding carboxylic acids is 3. The van der Waals surface area contributed by atoms with Crippen LogP contribution in [-0.4, -0.2) is 35.9 Å². The highest BCUT2D eigenvalue weighted by Gasteiger charge is 2.29. The molecule has 0 aliphatic rings. The molecule has 2 amide bonds. The number of hydrogen-bond acceptors (Lipinski definition) is 5. The maximum absolute atomic E-state index is 13.4. The summed E-state index contributed by atoms with van der Waals surface area (Å²) in [5.74, 6) is -1.24. The van der Waals surface area contributed by atoms with E-state index in [0.717, 1.165) is 16.7 Å². The number of carbonyl (C=O) groups is 3. The van der Waals surface area contributed by atoms with Crippen LogP contribution in [0.25, 0.3) is 0 Å². The Morgan fingerprint density at radius 1 is 0.725 bits per heavy atom. The van der Waals surface area contributed by atoms with Crippen molar-refractivity contribution >= 4 is 30.2 Å². The third-order valence-corrected chi connectivity index (χ3v) is 6.37. The molecule has 4 N–H and O–H groups in total. The summed E-state index contributed by atoms with van der Waals surface area (Å²) in [6.07, 6.45) is 1.77. The van der Waals surface area contributed by atoms with Crippen LogP contribution in [-0.2, 0) is 38.6 Å². The van der Waals surface area contributed by atoms with Crippen LogP contribution in [0.15, 0.2) is 91.0 Å². The van der Waals surface area contributed by atoms with Gasteiger partial charge in [0.1, 0.15) is 18.7 Å². The highest BCUT2D eigenvalue weighted by atomic mass is 35.5. The minimum Gasteiger partial charge on any atom is -0.459 e. The molecule has 214 valence electrons. The van der Waals surface area contributed by atoms with Gasteiger partial charge in [0, 0.05) is 6.42 Å². The molecule has 40 heavy (non-hydrogen) atoms. The van der Waals surface area contributed by atoms with Gasteiger partial charge in [0.2, 0.25) is 11.8 Å². The molecule has 7 nitrogen and oxygen atoms in total. The number of rotatable bonds is 14. The van der Waals surface area contributed by atoms with Crippen LogP contribution in [0.2, 0.25) is 0 Å². The van der Waals surface area contributed by atoms with E-state index in [4.69, 9.17) is 10.5 Å². The predicted octanol–water partition coefficient (Wildman–Crippen LogP) is 4.37. The molecule has 0 radical (unpaired) electrons. The molecule has 0 fully saturated rings. The molecule has 0 aliphatic carbocycles. The van der Waals surface area contributed by atoms with Gasteiger partial charge in [-0.3, -0.25) is 9.59 Å². The molecule has 3 atom stereocenters. The Labute approximate surface area is 243 Å². The van der Waals surface area contributed by atoms with Crippen molar-refractivity contribution in [2.24, 2.45) is 11.7 Å². The van der Waals surface area contributed by atoms with Gasteiger partial charge in [0.25, 0.3) is 0 Å². The molecule has 0 spiro atoms. The van der Waals surface area contributed by atoms with Gasteiger partial charge in [-0.2, -0.15) is 0 Å². The van der Waals surface area contributed by atoms with Gasteiger partial charge >= 0.3 is 5.97 Å². The number of benzene rings is 3. The Morgan fingerprint density at radius 2 is 1.23 bits per heavy atom. The molecule has 0 unspecified atom stereocenters. The topological polar surface area (TPSA) is 111 Å². The molecule has 3 rings (SSSR count). The van der Waals surface area contributed by atoms with Crippen LogP contribution < -0.4 is 16.4 Å². The summed E-state index contributed by atoms with van der Waals surface area (Å²) >= 11 is 0. The summed E-state index contributed by atoms with van der Waals surface area (Å²) < 4.78 is 5.56.